The van der Waals surface area contributed by atoms with E-state index in [2.05, 4.69) is 15.9 Å². The van der Waals surface area contributed by atoms with Gasteiger partial charge < -0.3 is 9.84 Å². The molecule has 0 aliphatic heterocycles. The molecule has 0 aliphatic carbocycles. The maximum absolute atomic E-state index is 11.9. The van der Waals surface area contributed by atoms with Gasteiger partial charge in [-0.15, -0.1) is 0 Å². The lowest BCUT2D eigenvalue weighted by Gasteiger charge is -2.03. The number of hydrogen-bond acceptors (Lipinski definition) is 3. The number of benzene rings is 2. The van der Waals surface area contributed by atoms with Crippen molar-refractivity contribution in [2.24, 2.45) is 0 Å². The minimum Gasteiger partial charge on any atom is -0.508 e. The Labute approximate surface area is 125 Å². The maximum atomic E-state index is 11.9. The summed E-state index contributed by atoms with van der Waals surface area (Å²) in [6.45, 7) is 0. The number of allylic oxidation sites excluding steroid dienone is 1. The normalized spacial score (nSPS) is 10.7. The fourth-order valence-electron chi connectivity index (χ4n) is 1.71. The predicted octanol–water partition coefficient (Wildman–Crippen LogP) is 4.06. The first-order chi connectivity index (χ1) is 9.60. The molecule has 0 aromatic heterocycles. The SMILES string of the molecule is COc1ccc(/C=C/C(=O)c2cccc(O)c2)cc1Br. The van der Waals surface area contributed by atoms with Crippen LogP contribution in [0.2, 0.25) is 0 Å². The molecule has 1 N–H and O–H groups in total. The molecule has 3 nitrogen and oxygen atoms in total. The van der Waals surface area contributed by atoms with Gasteiger partial charge in [0.1, 0.15) is 11.5 Å². The third-order valence-electron chi connectivity index (χ3n) is 2.73. The van der Waals surface area contributed by atoms with Crippen molar-refractivity contribution in [2.45, 2.75) is 0 Å². The van der Waals surface area contributed by atoms with Gasteiger partial charge in [-0.05, 0) is 51.8 Å². The third kappa shape index (κ3) is 3.48. The van der Waals surface area contributed by atoms with Gasteiger partial charge in [-0.3, -0.25) is 4.79 Å². The summed E-state index contributed by atoms with van der Waals surface area (Å²) in [5, 5.41) is 9.34. The van der Waals surface area contributed by atoms with E-state index in [0.29, 0.717) is 5.56 Å². The van der Waals surface area contributed by atoms with E-state index in [1.54, 1.807) is 25.3 Å². The van der Waals surface area contributed by atoms with Crippen LogP contribution in [-0.4, -0.2) is 18.0 Å². The first-order valence-corrected chi connectivity index (χ1v) is 6.74. The van der Waals surface area contributed by atoms with Crippen LogP contribution in [0, 0.1) is 0 Å². The summed E-state index contributed by atoms with van der Waals surface area (Å²) >= 11 is 3.39. The van der Waals surface area contributed by atoms with Crippen LogP contribution in [0.15, 0.2) is 53.0 Å². The highest BCUT2D eigenvalue weighted by Crippen LogP contribution is 2.26. The van der Waals surface area contributed by atoms with Gasteiger partial charge in [-0.2, -0.15) is 0 Å². The molecule has 0 fully saturated rings. The highest BCUT2D eigenvalue weighted by Gasteiger charge is 2.03. The number of ketones is 1. The zero-order chi connectivity index (χ0) is 14.5. The molecule has 0 spiro atoms. The topological polar surface area (TPSA) is 46.5 Å². The van der Waals surface area contributed by atoms with E-state index in [1.807, 2.05) is 18.2 Å². The molecular formula is C16H13BrO3. The molecule has 0 radical (unpaired) electrons. The Morgan fingerprint density at radius 3 is 2.70 bits per heavy atom. The molecule has 2 aromatic rings. The molecule has 0 amide bonds. The average molecular weight is 333 g/mol. The van der Waals surface area contributed by atoms with Crippen LogP contribution in [-0.2, 0) is 0 Å². The Bertz CT molecular complexity index is 663. The lowest BCUT2D eigenvalue weighted by Crippen LogP contribution is -1.93. The summed E-state index contributed by atoms with van der Waals surface area (Å²) in [6.07, 6.45) is 3.19. The quantitative estimate of drug-likeness (QED) is 0.678. The predicted molar refractivity (Wildman–Crippen MR) is 82.2 cm³/mol. The van der Waals surface area contributed by atoms with Crippen LogP contribution >= 0.6 is 15.9 Å². The molecule has 0 unspecified atom stereocenters. The minimum atomic E-state index is -0.159. The van der Waals surface area contributed by atoms with Crippen molar-refractivity contribution in [2.75, 3.05) is 7.11 Å². The zero-order valence-electron chi connectivity index (χ0n) is 10.8. The molecule has 0 atom stereocenters. The van der Waals surface area contributed by atoms with E-state index < -0.39 is 0 Å². The second-order valence-electron chi connectivity index (χ2n) is 4.14. The number of ether oxygens (including phenoxy) is 1. The summed E-state index contributed by atoms with van der Waals surface area (Å²) in [6, 6.07) is 11.8. The summed E-state index contributed by atoms with van der Waals surface area (Å²) in [5.74, 6) is 0.658. The number of halogens is 1. The molecule has 0 aliphatic rings. The molecule has 20 heavy (non-hydrogen) atoms. The molecule has 2 rings (SSSR count). The summed E-state index contributed by atoms with van der Waals surface area (Å²) in [4.78, 5) is 11.9. The molecule has 0 bridgehead atoms. The number of rotatable bonds is 4. The van der Waals surface area contributed by atoms with Crippen LogP contribution < -0.4 is 4.74 Å². The van der Waals surface area contributed by atoms with Crippen LogP contribution in [0.1, 0.15) is 15.9 Å². The van der Waals surface area contributed by atoms with Gasteiger partial charge in [0.15, 0.2) is 5.78 Å². The first kappa shape index (κ1) is 14.3. The number of phenolic OH excluding ortho intramolecular Hbond substituents is 1. The van der Waals surface area contributed by atoms with Gasteiger partial charge in [-0.1, -0.05) is 24.3 Å². The van der Waals surface area contributed by atoms with Crippen LogP contribution in [0.5, 0.6) is 11.5 Å². The van der Waals surface area contributed by atoms with Crippen molar-refractivity contribution in [3.8, 4) is 11.5 Å². The number of aromatic hydroxyl groups is 1. The van der Waals surface area contributed by atoms with Crippen LogP contribution in [0.3, 0.4) is 0 Å². The fraction of sp³-hybridized carbons (Fsp3) is 0.0625. The number of carbonyl (C=O) groups excluding carboxylic acids is 1. The first-order valence-electron chi connectivity index (χ1n) is 5.95. The van der Waals surface area contributed by atoms with Crippen molar-refractivity contribution < 1.29 is 14.6 Å². The van der Waals surface area contributed by atoms with Gasteiger partial charge in [0, 0.05) is 5.56 Å². The third-order valence-corrected chi connectivity index (χ3v) is 3.35. The van der Waals surface area contributed by atoms with Crippen molar-refractivity contribution in [3.63, 3.8) is 0 Å². The molecule has 0 saturated heterocycles. The molecule has 0 heterocycles. The summed E-state index contributed by atoms with van der Waals surface area (Å²) in [7, 11) is 1.60. The average Bonchev–Trinajstić information content (AvgIpc) is 2.45. The van der Waals surface area contributed by atoms with E-state index in [4.69, 9.17) is 4.74 Å². The van der Waals surface area contributed by atoms with E-state index in [1.165, 1.54) is 18.2 Å². The van der Waals surface area contributed by atoms with Crippen molar-refractivity contribution in [3.05, 3.63) is 64.1 Å². The molecule has 0 saturated carbocycles. The second kappa shape index (κ2) is 6.39. The largest absolute Gasteiger partial charge is 0.508 e. The number of hydrogen-bond donors (Lipinski definition) is 1. The minimum absolute atomic E-state index is 0.0800. The van der Waals surface area contributed by atoms with Gasteiger partial charge >= 0.3 is 0 Å². The van der Waals surface area contributed by atoms with E-state index >= 15 is 0 Å². The van der Waals surface area contributed by atoms with Gasteiger partial charge in [-0.25, -0.2) is 0 Å². The second-order valence-corrected chi connectivity index (χ2v) is 5.00. The van der Waals surface area contributed by atoms with Crippen molar-refractivity contribution in [1.29, 1.82) is 0 Å². The fourth-order valence-corrected chi connectivity index (χ4v) is 2.27. The monoisotopic (exact) mass is 332 g/mol. The van der Waals surface area contributed by atoms with Gasteiger partial charge in [0.25, 0.3) is 0 Å². The number of carbonyl (C=O) groups is 1. The van der Waals surface area contributed by atoms with Gasteiger partial charge in [0.2, 0.25) is 0 Å². The van der Waals surface area contributed by atoms with Gasteiger partial charge in [0.05, 0.1) is 11.6 Å². The van der Waals surface area contributed by atoms with Crippen LogP contribution in [0.25, 0.3) is 6.08 Å². The Morgan fingerprint density at radius 1 is 1.25 bits per heavy atom. The molecular weight excluding hydrogens is 320 g/mol. The Morgan fingerprint density at radius 2 is 2.05 bits per heavy atom. The summed E-state index contributed by atoms with van der Waals surface area (Å²) in [5.41, 5.74) is 1.33. The summed E-state index contributed by atoms with van der Waals surface area (Å²) < 4.78 is 5.97. The van der Waals surface area contributed by atoms with Crippen molar-refractivity contribution >= 4 is 27.8 Å². The maximum Gasteiger partial charge on any atom is 0.185 e. The van der Waals surface area contributed by atoms with E-state index in [9.17, 15) is 9.90 Å². The molecule has 4 heteroatoms. The molecule has 2 aromatic carbocycles. The number of methoxy groups -OCH3 is 1. The van der Waals surface area contributed by atoms with Crippen molar-refractivity contribution in [1.82, 2.24) is 0 Å². The van der Waals surface area contributed by atoms with Crippen LogP contribution in [0.4, 0.5) is 0 Å². The standard InChI is InChI=1S/C16H13BrO3/c1-20-16-8-6-11(9-14(16)17)5-7-15(19)12-3-2-4-13(18)10-12/h2-10,18H,1H3/b7-5+. The Hall–Kier alpha value is -2.07. The lowest BCUT2D eigenvalue weighted by atomic mass is 10.1. The van der Waals surface area contributed by atoms with E-state index in [0.717, 1.165) is 15.8 Å². The molecule has 102 valence electrons. The zero-order valence-corrected chi connectivity index (χ0v) is 12.4. The number of phenols is 1. The Kier molecular flexibility index (Phi) is 4.58. The Balaban J connectivity index is 2.17. The van der Waals surface area contributed by atoms with E-state index in [-0.39, 0.29) is 11.5 Å². The highest BCUT2D eigenvalue weighted by atomic mass is 79.9. The highest BCUT2D eigenvalue weighted by molar-refractivity contribution is 9.10. The lowest BCUT2D eigenvalue weighted by molar-refractivity contribution is 0.104. The smallest absolute Gasteiger partial charge is 0.185 e.